The molecule has 1 aromatic carbocycles. The minimum absolute atomic E-state index is 0.0273. The molecule has 1 fully saturated rings. The smallest absolute Gasteiger partial charge is 0.226 e. The molecule has 5 heteroatoms. The van der Waals surface area contributed by atoms with E-state index in [4.69, 9.17) is 0 Å². The van der Waals surface area contributed by atoms with Gasteiger partial charge in [0, 0.05) is 24.9 Å². The van der Waals surface area contributed by atoms with E-state index in [0.29, 0.717) is 6.54 Å². The molecule has 0 radical (unpaired) electrons. The Labute approximate surface area is 140 Å². The number of carbonyl (C=O) groups excluding carboxylic acids is 2. The van der Waals surface area contributed by atoms with Crippen LogP contribution >= 0.6 is 11.3 Å². The van der Waals surface area contributed by atoms with Crippen LogP contribution in [-0.2, 0) is 16.1 Å². The number of amides is 2. The highest BCUT2D eigenvalue weighted by molar-refractivity contribution is 7.10. The van der Waals surface area contributed by atoms with Crippen LogP contribution in [0.2, 0.25) is 0 Å². The molecule has 0 aliphatic carbocycles. The zero-order valence-electron chi connectivity index (χ0n) is 13.3. The maximum absolute atomic E-state index is 12.6. The van der Waals surface area contributed by atoms with E-state index in [1.807, 2.05) is 48.7 Å². The van der Waals surface area contributed by atoms with Crippen molar-refractivity contribution >= 4 is 23.2 Å². The lowest BCUT2D eigenvalue weighted by Crippen LogP contribution is -2.34. The standard InChI is InChI=1S/C18H20N2O2S/c1-12-6-3-4-7-13(12)11-19-18(22)14-10-16(21)20(2)17(14)15-8-5-9-23-15/h3-9,14,17H,10-11H2,1-2H3,(H,19,22). The molecule has 120 valence electrons. The summed E-state index contributed by atoms with van der Waals surface area (Å²) >= 11 is 1.59. The van der Waals surface area contributed by atoms with Gasteiger partial charge in [0.15, 0.2) is 0 Å². The van der Waals surface area contributed by atoms with Gasteiger partial charge in [-0.05, 0) is 29.5 Å². The topological polar surface area (TPSA) is 49.4 Å². The predicted molar refractivity (Wildman–Crippen MR) is 91.0 cm³/mol. The van der Waals surface area contributed by atoms with Crippen LogP contribution in [0.1, 0.15) is 28.5 Å². The molecular formula is C18H20N2O2S. The van der Waals surface area contributed by atoms with Crippen LogP contribution in [0.5, 0.6) is 0 Å². The maximum atomic E-state index is 12.6. The highest BCUT2D eigenvalue weighted by Gasteiger charge is 2.43. The molecule has 0 bridgehead atoms. The van der Waals surface area contributed by atoms with E-state index in [2.05, 4.69) is 5.32 Å². The third-order valence-corrected chi connectivity index (χ3v) is 5.42. The number of hydrogen-bond donors (Lipinski definition) is 1. The van der Waals surface area contributed by atoms with Gasteiger partial charge in [0.2, 0.25) is 11.8 Å². The van der Waals surface area contributed by atoms with E-state index < -0.39 is 0 Å². The van der Waals surface area contributed by atoms with Gasteiger partial charge in [-0.2, -0.15) is 0 Å². The number of benzene rings is 1. The van der Waals surface area contributed by atoms with Gasteiger partial charge in [0.25, 0.3) is 0 Å². The molecule has 0 spiro atoms. The molecule has 2 amide bonds. The van der Waals surface area contributed by atoms with Gasteiger partial charge in [0.05, 0.1) is 12.0 Å². The second-order valence-electron chi connectivity index (χ2n) is 5.92. The summed E-state index contributed by atoms with van der Waals surface area (Å²) in [5, 5.41) is 4.98. The molecule has 2 unspecified atom stereocenters. The average Bonchev–Trinajstić information content (AvgIpc) is 3.15. The van der Waals surface area contributed by atoms with Crippen molar-refractivity contribution in [3.8, 4) is 0 Å². The summed E-state index contributed by atoms with van der Waals surface area (Å²) in [5.74, 6) is -0.348. The van der Waals surface area contributed by atoms with E-state index in [1.54, 1.807) is 23.3 Å². The van der Waals surface area contributed by atoms with Gasteiger partial charge in [-0.15, -0.1) is 11.3 Å². The molecule has 1 aromatic heterocycles. The van der Waals surface area contributed by atoms with Gasteiger partial charge in [0.1, 0.15) is 0 Å². The van der Waals surface area contributed by atoms with Crippen LogP contribution in [0, 0.1) is 12.8 Å². The van der Waals surface area contributed by atoms with E-state index >= 15 is 0 Å². The van der Waals surface area contributed by atoms with Gasteiger partial charge in [-0.1, -0.05) is 30.3 Å². The van der Waals surface area contributed by atoms with E-state index in [9.17, 15) is 9.59 Å². The molecule has 2 aromatic rings. The summed E-state index contributed by atoms with van der Waals surface area (Å²) in [7, 11) is 1.78. The fourth-order valence-corrected chi connectivity index (χ4v) is 4.01. The maximum Gasteiger partial charge on any atom is 0.226 e. The monoisotopic (exact) mass is 328 g/mol. The zero-order valence-corrected chi connectivity index (χ0v) is 14.1. The fraction of sp³-hybridized carbons (Fsp3) is 0.333. The molecule has 2 atom stereocenters. The third-order valence-electron chi connectivity index (χ3n) is 4.47. The Morgan fingerprint density at radius 2 is 2.09 bits per heavy atom. The summed E-state index contributed by atoms with van der Waals surface area (Å²) in [6.45, 7) is 2.53. The van der Waals surface area contributed by atoms with Crippen molar-refractivity contribution in [3.05, 3.63) is 57.8 Å². The second kappa shape index (κ2) is 6.54. The van der Waals surface area contributed by atoms with Crippen molar-refractivity contribution in [2.45, 2.75) is 25.9 Å². The van der Waals surface area contributed by atoms with Crippen molar-refractivity contribution in [1.82, 2.24) is 10.2 Å². The Morgan fingerprint density at radius 3 is 2.78 bits per heavy atom. The van der Waals surface area contributed by atoms with Crippen LogP contribution in [0.3, 0.4) is 0 Å². The first kappa shape index (κ1) is 15.7. The highest BCUT2D eigenvalue weighted by atomic mass is 32.1. The molecule has 1 aliphatic heterocycles. The molecule has 1 saturated heterocycles. The largest absolute Gasteiger partial charge is 0.352 e. The summed E-state index contributed by atoms with van der Waals surface area (Å²) in [6.07, 6.45) is 0.276. The Hall–Kier alpha value is -2.14. The molecule has 3 rings (SSSR count). The van der Waals surface area contributed by atoms with Gasteiger partial charge in [-0.25, -0.2) is 0 Å². The second-order valence-corrected chi connectivity index (χ2v) is 6.90. The molecule has 23 heavy (non-hydrogen) atoms. The third kappa shape index (κ3) is 3.15. The lowest BCUT2D eigenvalue weighted by atomic mass is 9.97. The molecule has 2 heterocycles. The number of carbonyl (C=O) groups is 2. The van der Waals surface area contributed by atoms with E-state index in [1.165, 1.54) is 0 Å². The van der Waals surface area contributed by atoms with Crippen molar-refractivity contribution in [2.24, 2.45) is 5.92 Å². The number of hydrogen-bond acceptors (Lipinski definition) is 3. The van der Waals surface area contributed by atoms with Crippen LogP contribution in [0.25, 0.3) is 0 Å². The highest BCUT2D eigenvalue weighted by Crippen LogP contribution is 2.39. The van der Waals surface area contributed by atoms with Crippen LogP contribution in [0.4, 0.5) is 0 Å². The van der Waals surface area contributed by atoms with Crippen molar-refractivity contribution < 1.29 is 9.59 Å². The minimum atomic E-state index is -0.324. The Balaban J connectivity index is 1.73. The van der Waals surface area contributed by atoms with Gasteiger partial charge in [-0.3, -0.25) is 9.59 Å². The SMILES string of the molecule is Cc1ccccc1CNC(=O)C1CC(=O)N(C)C1c1cccs1. The summed E-state index contributed by atoms with van der Waals surface area (Å²) < 4.78 is 0. The van der Waals surface area contributed by atoms with Crippen LogP contribution in [0.15, 0.2) is 41.8 Å². The van der Waals surface area contributed by atoms with E-state index in [-0.39, 0.29) is 30.2 Å². The number of thiophene rings is 1. The summed E-state index contributed by atoms with van der Waals surface area (Å²) in [4.78, 5) is 27.5. The molecular weight excluding hydrogens is 308 g/mol. The fourth-order valence-electron chi connectivity index (χ4n) is 3.08. The van der Waals surface area contributed by atoms with E-state index in [0.717, 1.165) is 16.0 Å². The number of nitrogens with zero attached hydrogens (tertiary/aromatic N) is 1. The zero-order chi connectivity index (χ0) is 16.4. The molecule has 1 aliphatic rings. The number of likely N-dealkylation sites (tertiary alicyclic amines) is 1. The number of rotatable bonds is 4. The lowest BCUT2D eigenvalue weighted by molar-refractivity contribution is -0.128. The quantitative estimate of drug-likeness (QED) is 0.938. The first-order valence-electron chi connectivity index (χ1n) is 7.69. The summed E-state index contributed by atoms with van der Waals surface area (Å²) in [6, 6.07) is 11.8. The number of aryl methyl sites for hydroxylation is 1. The van der Waals surface area contributed by atoms with Crippen molar-refractivity contribution in [2.75, 3.05) is 7.05 Å². The van der Waals surface area contributed by atoms with Crippen LogP contribution in [-0.4, -0.2) is 23.8 Å². The van der Waals surface area contributed by atoms with Gasteiger partial charge < -0.3 is 10.2 Å². The molecule has 1 N–H and O–H groups in total. The molecule has 0 saturated carbocycles. The Kier molecular flexibility index (Phi) is 4.48. The normalized spacial score (nSPS) is 20.8. The Bertz CT molecular complexity index is 712. The average molecular weight is 328 g/mol. The minimum Gasteiger partial charge on any atom is -0.352 e. The lowest BCUT2D eigenvalue weighted by Gasteiger charge is -2.23. The summed E-state index contributed by atoms with van der Waals surface area (Å²) in [5.41, 5.74) is 2.26. The Morgan fingerprint density at radius 1 is 1.30 bits per heavy atom. The molecule has 4 nitrogen and oxygen atoms in total. The first-order valence-corrected chi connectivity index (χ1v) is 8.57. The van der Waals surface area contributed by atoms with Crippen molar-refractivity contribution in [3.63, 3.8) is 0 Å². The number of nitrogens with one attached hydrogen (secondary N) is 1. The van der Waals surface area contributed by atoms with Gasteiger partial charge >= 0.3 is 0 Å². The first-order chi connectivity index (χ1) is 11.1. The van der Waals surface area contributed by atoms with Crippen molar-refractivity contribution in [1.29, 1.82) is 0 Å². The predicted octanol–water partition coefficient (Wildman–Crippen LogP) is 2.89. The van der Waals surface area contributed by atoms with Crippen LogP contribution < -0.4 is 5.32 Å².